The fraction of sp³-hybridized carbons (Fsp3) is 0.0938. The van der Waals surface area contributed by atoms with Gasteiger partial charge in [-0.3, -0.25) is 9.69 Å². The maximum absolute atomic E-state index is 13.1. The highest BCUT2D eigenvalue weighted by Gasteiger charge is 2.38. The number of anilines is 3. The average molecular weight is 517 g/mol. The lowest BCUT2D eigenvalue weighted by molar-refractivity contribution is -0.135. The average Bonchev–Trinajstić information content (AvgIpc) is 3.38. The van der Waals surface area contributed by atoms with Crippen LogP contribution in [0.15, 0.2) is 126 Å². The fourth-order valence-corrected chi connectivity index (χ4v) is 4.27. The first-order chi connectivity index (χ1) is 19.1. The van der Waals surface area contributed by atoms with Gasteiger partial charge in [-0.1, -0.05) is 72.8 Å². The van der Waals surface area contributed by atoms with Gasteiger partial charge in [-0.05, 0) is 67.1 Å². The number of hydrogen-bond acceptors (Lipinski definition) is 6. The number of benzene rings is 4. The molecule has 7 heteroatoms. The van der Waals surface area contributed by atoms with E-state index in [1.807, 2.05) is 120 Å². The number of ether oxygens (including phenoxy) is 1. The lowest BCUT2D eigenvalue weighted by Gasteiger charge is -2.29. The quantitative estimate of drug-likeness (QED) is 0.283. The zero-order valence-electron chi connectivity index (χ0n) is 21.5. The number of hydrazone groups is 1. The third-order valence-corrected chi connectivity index (χ3v) is 6.12. The first-order valence-corrected chi connectivity index (χ1v) is 12.7. The van der Waals surface area contributed by atoms with Gasteiger partial charge in [-0.2, -0.15) is 0 Å². The monoisotopic (exact) mass is 516 g/mol. The molecule has 0 radical (unpaired) electrons. The lowest BCUT2D eigenvalue weighted by Crippen LogP contribution is -2.43. The van der Waals surface area contributed by atoms with Crippen LogP contribution in [0.5, 0.6) is 0 Å². The number of amides is 1. The third-order valence-electron chi connectivity index (χ3n) is 6.12. The fourth-order valence-electron chi connectivity index (χ4n) is 4.27. The summed E-state index contributed by atoms with van der Waals surface area (Å²) in [4.78, 5) is 27.6. The van der Waals surface area contributed by atoms with E-state index in [4.69, 9.17) is 9.84 Å². The number of esters is 1. The molecule has 0 aromatic heterocycles. The van der Waals surface area contributed by atoms with E-state index in [2.05, 4.69) is 5.32 Å². The Morgan fingerprint density at radius 3 is 2.08 bits per heavy atom. The van der Waals surface area contributed by atoms with Crippen LogP contribution < -0.4 is 15.2 Å². The van der Waals surface area contributed by atoms with Gasteiger partial charge in [0.1, 0.15) is 6.17 Å². The van der Waals surface area contributed by atoms with E-state index < -0.39 is 12.1 Å². The molecule has 0 fully saturated rings. The minimum absolute atomic E-state index is 0.171. The van der Waals surface area contributed by atoms with Gasteiger partial charge in [0, 0.05) is 16.9 Å². The number of amidine groups is 1. The van der Waals surface area contributed by atoms with Crippen molar-refractivity contribution in [3.05, 3.63) is 132 Å². The van der Waals surface area contributed by atoms with Crippen LogP contribution in [0.25, 0.3) is 6.08 Å². The second-order valence-corrected chi connectivity index (χ2v) is 8.74. The van der Waals surface area contributed by atoms with Crippen LogP contribution in [0.1, 0.15) is 22.8 Å². The summed E-state index contributed by atoms with van der Waals surface area (Å²) < 4.78 is 5.38. The Kier molecular flexibility index (Phi) is 7.79. The molecule has 1 N–H and O–H groups in total. The number of carbonyl (C=O) groups is 2. The Morgan fingerprint density at radius 2 is 1.44 bits per heavy atom. The number of hydrogen-bond donors (Lipinski definition) is 1. The molecule has 7 nitrogen and oxygen atoms in total. The zero-order chi connectivity index (χ0) is 27.0. The summed E-state index contributed by atoms with van der Waals surface area (Å²) in [5.41, 5.74) is 3.78. The molecule has 0 unspecified atom stereocenters. The Hall–Kier alpha value is -5.17. The van der Waals surface area contributed by atoms with Crippen LogP contribution in [0.2, 0.25) is 0 Å². The molecule has 1 amide bonds. The van der Waals surface area contributed by atoms with Crippen LogP contribution >= 0.6 is 0 Å². The van der Waals surface area contributed by atoms with Crippen LogP contribution in [0, 0.1) is 0 Å². The highest BCUT2D eigenvalue weighted by Crippen LogP contribution is 2.32. The van der Waals surface area contributed by atoms with E-state index in [1.165, 1.54) is 0 Å². The van der Waals surface area contributed by atoms with Crippen LogP contribution in [-0.4, -0.2) is 30.5 Å². The Bertz CT molecular complexity index is 1470. The van der Waals surface area contributed by atoms with Gasteiger partial charge >= 0.3 is 5.97 Å². The molecule has 1 heterocycles. The van der Waals surface area contributed by atoms with Gasteiger partial charge in [0.15, 0.2) is 0 Å². The molecule has 4 aromatic carbocycles. The number of carbonyl (C=O) groups excluding carboxylic acids is 2. The summed E-state index contributed by atoms with van der Waals surface area (Å²) in [5, 5.41) is 9.44. The van der Waals surface area contributed by atoms with Crippen molar-refractivity contribution in [2.24, 2.45) is 5.10 Å². The van der Waals surface area contributed by atoms with Crippen molar-refractivity contribution in [3.8, 4) is 0 Å². The van der Waals surface area contributed by atoms with Crippen molar-refractivity contribution in [1.29, 1.82) is 0 Å². The normalized spacial score (nSPS) is 14.8. The summed E-state index contributed by atoms with van der Waals surface area (Å²) >= 11 is 0. The summed E-state index contributed by atoms with van der Waals surface area (Å²) in [6.07, 6.45) is 3.56. The molecule has 0 bridgehead atoms. The summed E-state index contributed by atoms with van der Waals surface area (Å²) in [6.45, 7) is 2.00. The molecule has 194 valence electrons. The molecule has 1 aliphatic rings. The predicted octanol–water partition coefficient (Wildman–Crippen LogP) is 6.18. The number of para-hydroxylation sites is 1. The Balaban J connectivity index is 1.50. The summed E-state index contributed by atoms with van der Waals surface area (Å²) in [6, 6.07) is 36.0. The molecular formula is C32H28N4O3. The first-order valence-electron chi connectivity index (χ1n) is 12.7. The second kappa shape index (κ2) is 11.9. The highest BCUT2D eigenvalue weighted by atomic mass is 16.5. The maximum atomic E-state index is 13.1. The van der Waals surface area contributed by atoms with E-state index in [0.29, 0.717) is 11.3 Å². The largest absolute Gasteiger partial charge is 0.460 e. The van der Waals surface area contributed by atoms with Crippen molar-refractivity contribution in [3.63, 3.8) is 0 Å². The standard InChI is InChI=1S/C32H28N4O3/c1-2-39-32(38)30-34-36(28-16-10-5-11-17-28)29(23-18-24-12-6-3-7-13-24)35(30)27-21-19-26(20-22-27)33-31(37)25-14-8-4-9-15-25/h3-23,29H,2H2,1H3,(H,33,37)/b23-18+/t29-/m1/s1. The minimum atomic E-state index is -0.518. The first kappa shape index (κ1) is 25.5. The van der Waals surface area contributed by atoms with Crippen molar-refractivity contribution in [2.75, 3.05) is 21.8 Å². The van der Waals surface area contributed by atoms with E-state index in [0.717, 1.165) is 16.9 Å². The lowest BCUT2D eigenvalue weighted by atomic mass is 10.1. The maximum Gasteiger partial charge on any atom is 0.376 e. The van der Waals surface area contributed by atoms with E-state index >= 15 is 0 Å². The van der Waals surface area contributed by atoms with Gasteiger partial charge in [0.2, 0.25) is 5.84 Å². The molecule has 0 spiro atoms. The number of nitrogens with one attached hydrogen (secondary N) is 1. The topological polar surface area (TPSA) is 74.2 Å². The van der Waals surface area contributed by atoms with Crippen LogP contribution in [0.4, 0.5) is 17.1 Å². The molecule has 4 aromatic rings. The second-order valence-electron chi connectivity index (χ2n) is 8.74. The Labute approximate surface area is 227 Å². The SMILES string of the molecule is CCOC(=O)C1=NN(c2ccccc2)[C@H](/C=C/c2ccccc2)N1c1ccc(NC(=O)c2ccccc2)cc1. The van der Waals surface area contributed by atoms with Crippen LogP contribution in [-0.2, 0) is 9.53 Å². The molecule has 1 atom stereocenters. The molecule has 0 saturated heterocycles. The smallest absolute Gasteiger partial charge is 0.376 e. The summed E-state index contributed by atoms with van der Waals surface area (Å²) in [5.74, 6) is -0.544. The van der Waals surface area contributed by atoms with Crippen molar-refractivity contribution in [2.45, 2.75) is 13.1 Å². The molecule has 0 aliphatic carbocycles. The molecule has 5 rings (SSSR count). The third kappa shape index (κ3) is 5.88. The van der Waals surface area contributed by atoms with Gasteiger partial charge in [-0.15, -0.1) is 5.10 Å². The Morgan fingerprint density at radius 1 is 0.821 bits per heavy atom. The molecule has 0 saturated carbocycles. The molecular weight excluding hydrogens is 488 g/mol. The van der Waals surface area contributed by atoms with Gasteiger partial charge < -0.3 is 10.1 Å². The molecule has 39 heavy (non-hydrogen) atoms. The van der Waals surface area contributed by atoms with Crippen molar-refractivity contribution >= 4 is 40.9 Å². The van der Waals surface area contributed by atoms with Gasteiger partial charge in [-0.25, -0.2) is 9.80 Å². The minimum Gasteiger partial charge on any atom is -0.460 e. The zero-order valence-corrected chi connectivity index (χ0v) is 21.5. The molecule has 1 aliphatic heterocycles. The van der Waals surface area contributed by atoms with Gasteiger partial charge in [0.05, 0.1) is 12.3 Å². The van der Waals surface area contributed by atoms with E-state index in [-0.39, 0.29) is 18.3 Å². The van der Waals surface area contributed by atoms with E-state index in [9.17, 15) is 9.59 Å². The highest BCUT2D eigenvalue weighted by molar-refractivity contribution is 6.42. The predicted molar refractivity (Wildman–Crippen MR) is 156 cm³/mol. The van der Waals surface area contributed by atoms with Crippen molar-refractivity contribution in [1.82, 2.24) is 0 Å². The van der Waals surface area contributed by atoms with E-state index in [1.54, 1.807) is 24.1 Å². The van der Waals surface area contributed by atoms with Crippen molar-refractivity contribution < 1.29 is 14.3 Å². The summed E-state index contributed by atoms with van der Waals surface area (Å²) in [7, 11) is 0. The number of rotatable bonds is 8. The van der Waals surface area contributed by atoms with Crippen LogP contribution in [0.3, 0.4) is 0 Å². The number of nitrogens with zero attached hydrogens (tertiary/aromatic N) is 3. The van der Waals surface area contributed by atoms with Gasteiger partial charge in [0.25, 0.3) is 5.91 Å².